The molecule has 0 aliphatic heterocycles. The Morgan fingerprint density at radius 3 is 2.65 bits per heavy atom. The highest BCUT2D eigenvalue weighted by atomic mass is 35.5. The Kier molecular flexibility index (Phi) is 4.69. The molecule has 0 saturated carbocycles. The van der Waals surface area contributed by atoms with Crippen LogP contribution in [-0.2, 0) is 0 Å². The highest BCUT2D eigenvalue weighted by Gasteiger charge is 2.12. The lowest BCUT2D eigenvalue weighted by atomic mass is 10.1. The summed E-state index contributed by atoms with van der Waals surface area (Å²) < 4.78 is 5.58. The number of halogens is 2. The maximum atomic E-state index is 12.1. The number of aryl methyl sites for hydroxylation is 1. The average Bonchev–Trinajstić information content (AvgIpc) is 2.43. The molecule has 0 fully saturated rings. The molecule has 0 radical (unpaired) electrons. The third-order valence-electron chi connectivity index (χ3n) is 3.14. The molecule has 0 heterocycles. The molecule has 0 bridgehead atoms. The van der Waals surface area contributed by atoms with Crippen LogP contribution in [0.5, 0.6) is 5.75 Å². The molecule has 0 atom stereocenters. The molecule has 2 aromatic carbocycles. The number of ether oxygens (including phenoxy) is 1. The maximum absolute atomic E-state index is 12.1. The zero-order chi connectivity index (χ0) is 14.7. The largest absolute Gasteiger partial charge is 0.485 e. The summed E-state index contributed by atoms with van der Waals surface area (Å²) in [6.45, 7) is 3.89. The van der Waals surface area contributed by atoms with E-state index in [0.717, 1.165) is 11.1 Å². The molecule has 2 rings (SSSR count). The number of hydrogen-bond donors (Lipinski definition) is 0. The van der Waals surface area contributed by atoms with Gasteiger partial charge in [-0.15, -0.1) is 0 Å². The number of carbonyl (C=O) groups is 1. The zero-order valence-corrected chi connectivity index (χ0v) is 12.8. The highest BCUT2D eigenvalue weighted by Crippen LogP contribution is 2.23. The summed E-state index contributed by atoms with van der Waals surface area (Å²) >= 11 is 11.9. The van der Waals surface area contributed by atoms with Gasteiger partial charge in [-0.2, -0.15) is 0 Å². The SMILES string of the molecule is Cc1cccc(OCC(=O)c2cc(Cl)ccc2Cl)c1C. The van der Waals surface area contributed by atoms with Gasteiger partial charge in [-0.3, -0.25) is 4.79 Å². The second kappa shape index (κ2) is 6.29. The van der Waals surface area contributed by atoms with Gasteiger partial charge in [-0.05, 0) is 49.2 Å². The van der Waals surface area contributed by atoms with Crippen molar-refractivity contribution in [2.75, 3.05) is 6.61 Å². The van der Waals surface area contributed by atoms with E-state index in [1.54, 1.807) is 18.2 Å². The smallest absolute Gasteiger partial charge is 0.201 e. The molecule has 0 spiro atoms. The molecule has 104 valence electrons. The lowest BCUT2D eigenvalue weighted by Crippen LogP contribution is -2.12. The summed E-state index contributed by atoms with van der Waals surface area (Å²) in [5.74, 6) is 0.509. The monoisotopic (exact) mass is 308 g/mol. The molecule has 0 aromatic heterocycles. The molecule has 2 nitrogen and oxygen atoms in total. The van der Waals surface area contributed by atoms with Crippen molar-refractivity contribution in [2.45, 2.75) is 13.8 Å². The van der Waals surface area contributed by atoms with Gasteiger partial charge in [-0.25, -0.2) is 0 Å². The first-order chi connectivity index (χ1) is 9.49. The van der Waals surface area contributed by atoms with Crippen molar-refractivity contribution in [3.8, 4) is 5.75 Å². The van der Waals surface area contributed by atoms with Gasteiger partial charge in [0, 0.05) is 10.6 Å². The molecule has 0 amide bonds. The Balaban J connectivity index is 2.13. The van der Waals surface area contributed by atoms with Crippen LogP contribution in [-0.4, -0.2) is 12.4 Å². The molecule has 0 unspecified atom stereocenters. The van der Waals surface area contributed by atoms with Crippen LogP contribution in [0.25, 0.3) is 0 Å². The first-order valence-corrected chi connectivity index (χ1v) is 6.92. The van der Waals surface area contributed by atoms with Crippen molar-refractivity contribution in [3.05, 3.63) is 63.1 Å². The van der Waals surface area contributed by atoms with Crippen LogP contribution in [0.2, 0.25) is 10.0 Å². The van der Waals surface area contributed by atoms with Crippen LogP contribution in [0, 0.1) is 13.8 Å². The minimum absolute atomic E-state index is 0.0651. The minimum Gasteiger partial charge on any atom is -0.485 e. The number of Topliss-reactive ketones (excluding diaryl/α,β-unsaturated/α-hetero) is 1. The molecular formula is C16H14Cl2O2. The molecule has 0 aliphatic rings. The van der Waals surface area contributed by atoms with E-state index < -0.39 is 0 Å². The molecular weight excluding hydrogens is 295 g/mol. The molecule has 0 N–H and O–H groups in total. The molecule has 2 aromatic rings. The summed E-state index contributed by atoms with van der Waals surface area (Å²) in [4.78, 5) is 12.1. The van der Waals surface area contributed by atoms with Gasteiger partial charge in [0.2, 0.25) is 5.78 Å². The number of rotatable bonds is 4. The van der Waals surface area contributed by atoms with Crippen LogP contribution in [0.4, 0.5) is 0 Å². The predicted octanol–water partition coefficient (Wildman–Crippen LogP) is 4.87. The van der Waals surface area contributed by atoms with E-state index in [1.165, 1.54) is 0 Å². The van der Waals surface area contributed by atoms with E-state index in [0.29, 0.717) is 21.4 Å². The summed E-state index contributed by atoms with van der Waals surface area (Å²) in [6, 6.07) is 10.5. The fourth-order valence-electron chi connectivity index (χ4n) is 1.81. The Hall–Kier alpha value is -1.51. The van der Waals surface area contributed by atoms with E-state index in [4.69, 9.17) is 27.9 Å². The van der Waals surface area contributed by atoms with Gasteiger partial charge in [0.05, 0.1) is 5.02 Å². The minimum atomic E-state index is -0.196. The van der Waals surface area contributed by atoms with Crippen LogP contribution in [0.1, 0.15) is 21.5 Å². The average molecular weight is 309 g/mol. The van der Waals surface area contributed by atoms with E-state index in [2.05, 4.69) is 0 Å². The summed E-state index contributed by atoms with van der Waals surface area (Å²) in [7, 11) is 0. The van der Waals surface area contributed by atoms with Crippen LogP contribution in [0.3, 0.4) is 0 Å². The van der Waals surface area contributed by atoms with Crippen molar-refractivity contribution in [1.82, 2.24) is 0 Å². The Morgan fingerprint density at radius 1 is 1.15 bits per heavy atom. The molecule has 0 aliphatic carbocycles. The highest BCUT2D eigenvalue weighted by molar-refractivity contribution is 6.35. The maximum Gasteiger partial charge on any atom is 0.201 e. The Morgan fingerprint density at radius 2 is 1.90 bits per heavy atom. The van der Waals surface area contributed by atoms with Gasteiger partial charge in [0.25, 0.3) is 0 Å². The number of benzene rings is 2. The topological polar surface area (TPSA) is 26.3 Å². The number of hydrogen-bond acceptors (Lipinski definition) is 2. The zero-order valence-electron chi connectivity index (χ0n) is 11.2. The molecule has 0 saturated heterocycles. The van der Waals surface area contributed by atoms with Crippen LogP contribution in [0.15, 0.2) is 36.4 Å². The van der Waals surface area contributed by atoms with Crippen LogP contribution >= 0.6 is 23.2 Å². The van der Waals surface area contributed by atoms with Crippen molar-refractivity contribution in [2.24, 2.45) is 0 Å². The molecule has 4 heteroatoms. The van der Waals surface area contributed by atoms with E-state index in [1.807, 2.05) is 32.0 Å². The summed E-state index contributed by atoms with van der Waals surface area (Å²) in [6.07, 6.45) is 0. The third kappa shape index (κ3) is 3.33. The summed E-state index contributed by atoms with van der Waals surface area (Å²) in [5.41, 5.74) is 2.53. The van der Waals surface area contributed by atoms with E-state index >= 15 is 0 Å². The first kappa shape index (κ1) is 14.9. The standard InChI is InChI=1S/C16H14Cl2O2/c1-10-4-3-5-16(11(10)2)20-9-15(19)13-8-12(17)6-7-14(13)18/h3-8H,9H2,1-2H3. The van der Waals surface area contributed by atoms with E-state index in [-0.39, 0.29) is 12.4 Å². The van der Waals surface area contributed by atoms with E-state index in [9.17, 15) is 4.79 Å². The van der Waals surface area contributed by atoms with Gasteiger partial charge >= 0.3 is 0 Å². The lowest BCUT2D eigenvalue weighted by Gasteiger charge is -2.11. The fourth-order valence-corrected chi connectivity index (χ4v) is 2.21. The van der Waals surface area contributed by atoms with Gasteiger partial charge in [0.15, 0.2) is 6.61 Å². The summed E-state index contributed by atoms with van der Waals surface area (Å²) in [5, 5.41) is 0.855. The lowest BCUT2D eigenvalue weighted by molar-refractivity contribution is 0.0921. The second-order valence-electron chi connectivity index (χ2n) is 4.53. The normalized spacial score (nSPS) is 10.4. The third-order valence-corrected chi connectivity index (χ3v) is 3.71. The number of carbonyl (C=O) groups excluding carboxylic acids is 1. The molecule has 20 heavy (non-hydrogen) atoms. The fraction of sp³-hybridized carbons (Fsp3) is 0.188. The first-order valence-electron chi connectivity index (χ1n) is 6.16. The predicted molar refractivity (Wildman–Crippen MR) is 82.2 cm³/mol. The van der Waals surface area contributed by atoms with Gasteiger partial charge in [0.1, 0.15) is 5.75 Å². The van der Waals surface area contributed by atoms with Gasteiger partial charge < -0.3 is 4.74 Å². The van der Waals surface area contributed by atoms with Crippen molar-refractivity contribution < 1.29 is 9.53 Å². The van der Waals surface area contributed by atoms with Crippen LogP contribution < -0.4 is 4.74 Å². The number of ketones is 1. The Labute approximate surface area is 128 Å². The van der Waals surface area contributed by atoms with Crippen molar-refractivity contribution >= 4 is 29.0 Å². The van der Waals surface area contributed by atoms with Gasteiger partial charge in [-0.1, -0.05) is 35.3 Å². The second-order valence-corrected chi connectivity index (χ2v) is 5.38. The van der Waals surface area contributed by atoms with Crippen molar-refractivity contribution in [1.29, 1.82) is 0 Å². The Bertz CT molecular complexity index is 651. The van der Waals surface area contributed by atoms with Crippen molar-refractivity contribution in [3.63, 3.8) is 0 Å². The quantitative estimate of drug-likeness (QED) is 0.753.